The fourth-order valence-electron chi connectivity index (χ4n) is 3.25. The quantitative estimate of drug-likeness (QED) is 0.705. The third-order valence-electron chi connectivity index (χ3n) is 4.98. The Bertz CT molecular complexity index is 857. The van der Waals surface area contributed by atoms with Gasteiger partial charge in [0.25, 0.3) is 5.91 Å². The summed E-state index contributed by atoms with van der Waals surface area (Å²) in [5.41, 5.74) is 1.41. The summed E-state index contributed by atoms with van der Waals surface area (Å²) in [7, 11) is 1.55. The van der Waals surface area contributed by atoms with Gasteiger partial charge in [-0.2, -0.15) is 13.2 Å². The summed E-state index contributed by atoms with van der Waals surface area (Å²) in [5.74, 6) is 0.577. The maximum absolute atomic E-state index is 12.8. The van der Waals surface area contributed by atoms with Gasteiger partial charge in [-0.1, -0.05) is 19.1 Å². The first-order valence-corrected chi connectivity index (χ1v) is 10.4. The van der Waals surface area contributed by atoms with Gasteiger partial charge in [-0.3, -0.25) is 9.69 Å². The summed E-state index contributed by atoms with van der Waals surface area (Å²) in [6.07, 6.45) is -5.12. The molecule has 10 heteroatoms. The highest BCUT2D eigenvalue weighted by Gasteiger charge is 2.38. The minimum absolute atomic E-state index is 0.0396. The molecule has 2 heterocycles. The van der Waals surface area contributed by atoms with Crippen LogP contribution in [-0.2, 0) is 15.7 Å². The maximum Gasteiger partial charge on any atom is 0.443 e. The van der Waals surface area contributed by atoms with Gasteiger partial charge in [0.2, 0.25) is 0 Å². The molecule has 3 rings (SSSR count). The molecule has 1 N–H and O–H groups in total. The number of aromatic nitrogens is 1. The summed E-state index contributed by atoms with van der Waals surface area (Å²) in [5, 5.41) is 3.07. The second kappa shape index (κ2) is 9.32. The van der Waals surface area contributed by atoms with Crippen molar-refractivity contribution in [2.24, 2.45) is 0 Å². The number of halogens is 3. The number of carbonyl (C=O) groups is 1. The molecule has 1 aliphatic heterocycles. The first-order valence-electron chi connectivity index (χ1n) is 9.53. The molecule has 2 aromatic rings. The largest absolute Gasteiger partial charge is 0.484 e. The van der Waals surface area contributed by atoms with Gasteiger partial charge in [-0.05, 0) is 30.5 Å². The van der Waals surface area contributed by atoms with E-state index >= 15 is 0 Å². The van der Waals surface area contributed by atoms with E-state index in [4.69, 9.17) is 9.47 Å². The van der Waals surface area contributed by atoms with E-state index in [-0.39, 0.29) is 24.7 Å². The van der Waals surface area contributed by atoms with Crippen molar-refractivity contribution >= 4 is 17.2 Å². The van der Waals surface area contributed by atoms with E-state index in [1.807, 2.05) is 31.2 Å². The Labute approximate surface area is 177 Å². The Balaban J connectivity index is 1.57. The zero-order valence-corrected chi connectivity index (χ0v) is 17.7. The van der Waals surface area contributed by atoms with Crippen LogP contribution in [0.2, 0.25) is 0 Å². The Morgan fingerprint density at radius 1 is 1.40 bits per heavy atom. The fourth-order valence-corrected chi connectivity index (χ4v) is 3.98. The van der Waals surface area contributed by atoms with Crippen LogP contribution in [0.4, 0.5) is 13.2 Å². The van der Waals surface area contributed by atoms with Crippen molar-refractivity contribution in [3.8, 4) is 5.75 Å². The fraction of sp³-hybridized carbons (Fsp3) is 0.500. The van der Waals surface area contributed by atoms with Gasteiger partial charge in [0.15, 0.2) is 11.6 Å². The predicted octanol–water partition coefficient (Wildman–Crippen LogP) is 3.81. The zero-order valence-electron chi connectivity index (χ0n) is 16.9. The standard InChI is InChI=1S/C20H24F3N3O3S/c1-12(14-4-6-15(7-5-14)28-10-18(27)24-3)8-26-9-17(29-13(26)2)16-11-30-19(25-16)20(21,22)23/h4-7,11-13,17H,8-10H2,1-3H3,(H,24,27). The molecular formula is C20H24F3N3O3S. The summed E-state index contributed by atoms with van der Waals surface area (Å²) in [6, 6.07) is 7.52. The van der Waals surface area contributed by atoms with E-state index in [0.717, 1.165) is 5.56 Å². The van der Waals surface area contributed by atoms with Crippen LogP contribution in [0.3, 0.4) is 0 Å². The minimum Gasteiger partial charge on any atom is -0.484 e. The number of amides is 1. The van der Waals surface area contributed by atoms with Gasteiger partial charge in [0.1, 0.15) is 18.1 Å². The maximum atomic E-state index is 12.8. The molecule has 0 spiro atoms. The first kappa shape index (κ1) is 22.5. The van der Waals surface area contributed by atoms with Crippen molar-refractivity contribution in [1.29, 1.82) is 0 Å². The highest BCUT2D eigenvalue weighted by atomic mass is 32.1. The molecule has 1 fully saturated rings. The molecule has 6 nitrogen and oxygen atoms in total. The van der Waals surface area contributed by atoms with Crippen molar-refractivity contribution in [2.75, 3.05) is 26.7 Å². The highest BCUT2D eigenvalue weighted by Crippen LogP contribution is 2.36. The SMILES string of the molecule is CNC(=O)COc1ccc(C(C)CN2CC(c3csc(C(F)(F)F)n3)OC2C)cc1. The van der Waals surface area contributed by atoms with E-state index in [1.165, 1.54) is 5.38 Å². The first-order chi connectivity index (χ1) is 14.2. The van der Waals surface area contributed by atoms with Crippen molar-refractivity contribution in [2.45, 2.75) is 38.3 Å². The normalized spacial score (nSPS) is 20.9. The van der Waals surface area contributed by atoms with E-state index in [2.05, 4.69) is 22.1 Å². The molecule has 0 saturated carbocycles. The van der Waals surface area contributed by atoms with E-state index in [0.29, 0.717) is 35.9 Å². The number of carbonyl (C=O) groups excluding carboxylic acids is 1. The van der Waals surface area contributed by atoms with Crippen LogP contribution in [0.25, 0.3) is 0 Å². The number of thiazole rings is 1. The van der Waals surface area contributed by atoms with Crippen LogP contribution >= 0.6 is 11.3 Å². The van der Waals surface area contributed by atoms with Crippen molar-refractivity contribution in [3.05, 3.63) is 45.9 Å². The van der Waals surface area contributed by atoms with Gasteiger partial charge < -0.3 is 14.8 Å². The lowest BCUT2D eigenvalue weighted by atomic mass is 10.0. The molecular weight excluding hydrogens is 419 g/mol. The predicted molar refractivity (Wildman–Crippen MR) is 106 cm³/mol. The molecule has 164 valence electrons. The smallest absolute Gasteiger partial charge is 0.443 e. The molecule has 3 atom stereocenters. The van der Waals surface area contributed by atoms with Crippen LogP contribution in [0.5, 0.6) is 5.75 Å². The molecule has 0 aliphatic carbocycles. The van der Waals surface area contributed by atoms with Gasteiger partial charge in [0, 0.05) is 25.5 Å². The van der Waals surface area contributed by atoms with Crippen LogP contribution < -0.4 is 10.1 Å². The summed E-state index contributed by atoms with van der Waals surface area (Å²) in [4.78, 5) is 17.1. The molecule has 1 aromatic carbocycles. The van der Waals surface area contributed by atoms with Crippen LogP contribution in [-0.4, -0.2) is 48.8 Å². The Hall–Kier alpha value is -2.17. The van der Waals surface area contributed by atoms with Gasteiger partial charge in [-0.15, -0.1) is 11.3 Å². The number of nitrogens with zero attached hydrogens (tertiary/aromatic N) is 2. The van der Waals surface area contributed by atoms with Gasteiger partial charge in [-0.25, -0.2) is 4.98 Å². The van der Waals surface area contributed by atoms with Crippen LogP contribution in [0.1, 0.15) is 42.1 Å². The second-order valence-electron chi connectivity index (χ2n) is 7.19. The minimum atomic E-state index is -4.43. The molecule has 1 amide bonds. The van der Waals surface area contributed by atoms with E-state index < -0.39 is 17.3 Å². The van der Waals surface area contributed by atoms with E-state index in [1.54, 1.807) is 7.05 Å². The second-order valence-corrected chi connectivity index (χ2v) is 8.04. The van der Waals surface area contributed by atoms with Gasteiger partial charge in [0.05, 0.1) is 5.69 Å². The highest BCUT2D eigenvalue weighted by molar-refractivity contribution is 7.09. The number of rotatable bonds is 7. The lowest BCUT2D eigenvalue weighted by Crippen LogP contribution is -2.31. The number of likely N-dealkylation sites (N-methyl/N-ethyl adjacent to an activating group) is 1. The number of nitrogens with one attached hydrogen (secondary N) is 1. The number of hydrogen-bond donors (Lipinski definition) is 1. The van der Waals surface area contributed by atoms with Gasteiger partial charge >= 0.3 is 6.18 Å². The summed E-state index contributed by atoms with van der Waals surface area (Å²) >= 11 is 0.593. The Kier molecular flexibility index (Phi) is 6.99. The summed E-state index contributed by atoms with van der Waals surface area (Å²) < 4.78 is 49.7. The lowest BCUT2D eigenvalue weighted by Gasteiger charge is -2.23. The monoisotopic (exact) mass is 443 g/mol. The van der Waals surface area contributed by atoms with Crippen LogP contribution in [0.15, 0.2) is 29.6 Å². The molecule has 0 bridgehead atoms. The third kappa shape index (κ3) is 5.50. The van der Waals surface area contributed by atoms with Crippen molar-refractivity contribution in [3.63, 3.8) is 0 Å². The van der Waals surface area contributed by atoms with Crippen molar-refractivity contribution in [1.82, 2.24) is 15.2 Å². The Morgan fingerprint density at radius 3 is 2.70 bits per heavy atom. The van der Waals surface area contributed by atoms with Crippen molar-refractivity contribution < 1.29 is 27.4 Å². The number of ether oxygens (including phenoxy) is 2. The topological polar surface area (TPSA) is 63.7 Å². The molecule has 1 saturated heterocycles. The van der Waals surface area contributed by atoms with E-state index in [9.17, 15) is 18.0 Å². The lowest BCUT2D eigenvalue weighted by molar-refractivity contribution is -0.137. The third-order valence-corrected chi connectivity index (χ3v) is 5.88. The average molecular weight is 443 g/mol. The Morgan fingerprint density at radius 2 is 2.10 bits per heavy atom. The molecule has 0 radical (unpaired) electrons. The number of benzene rings is 1. The zero-order chi connectivity index (χ0) is 21.9. The molecule has 3 unspecified atom stereocenters. The van der Waals surface area contributed by atoms with Crippen LogP contribution in [0, 0.1) is 0 Å². The summed E-state index contributed by atoms with van der Waals surface area (Å²) in [6.45, 7) is 5.10. The molecule has 1 aliphatic rings. The number of alkyl halides is 3. The number of hydrogen-bond acceptors (Lipinski definition) is 6. The molecule has 30 heavy (non-hydrogen) atoms. The average Bonchev–Trinajstić information content (AvgIpc) is 3.34. The molecule has 1 aromatic heterocycles.